The van der Waals surface area contributed by atoms with E-state index >= 15 is 0 Å². The van der Waals surface area contributed by atoms with Gasteiger partial charge in [-0.05, 0) is 42.2 Å². The highest BCUT2D eigenvalue weighted by atomic mass is 16.3. The molecular formula is C27H25N5O3. The number of carbonyl (C=O) groups is 2. The van der Waals surface area contributed by atoms with Crippen LogP contribution in [0.3, 0.4) is 0 Å². The SMILES string of the molecule is O=C(N[C@H]1c2ccccc2C2(CCN(C(=O)c3cc4ncccn4n3)CC2)[C@@H]1O)c1ccccc1. The van der Waals surface area contributed by atoms with Gasteiger partial charge in [-0.3, -0.25) is 9.59 Å². The molecule has 2 amide bonds. The zero-order valence-electron chi connectivity index (χ0n) is 19.0. The third-order valence-electron chi connectivity index (χ3n) is 7.43. The van der Waals surface area contributed by atoms with E-state index in [1.54, 1.807) is 46.1 Å². The van der Waals surface area contributed by atoms with E-state index in [1.807, 2.05) is 42.5 Å². The van der Waals surface area contributed by atoms with Crippen LogP contribution < -0.4 is 5.32 Å². The summed E-state index contributed by atoms with van der Waals surface area (Å²) in [5, 5.41) is 19.0. The number of amides is 2. The molecule has 2 N–H and O–H groups in total. The molecular weight excluding hydrogens is 442 g/mol. The fraction of sp³-hybridized carbons (Fsp3) is 0.259. The summed E-state index contributed by atoms with van der Waals surface area (Å²) in [5.41, 5.74) is 3.01. The first-order valence-electron chi connectivity index (χ1n) is 11.8. The second-order valence-electron chi connectivity index (χ2n) is 9.25. The first kappa shape index (κ1) is 21.5. The highest BCUT2D eigenvalue weighted by Crippen LogP contribution is 2.51. The first-order chi connectivity index (χ1) is 17.1. The van der Waals surface area contributed by atoms with Crippen molar-refractivity contribution in [1.29, 1.82) is 0 Å². The number of aromatic nitrogens is 3. The second kappa shape index (κ2) is 8.32. The van der Waals surface area contributed by atoms with Crippen molar-refractivity contribution in [3.8, 4) is 0 Å². The lowest BCUT2D eigenvalue weighted by molar-refractivity contribution is 0.0197. The maximum Gasteiger partial charge on any atom is 0.274 e. The number of rotatable bonds is 3. The molecule has 1 aliphatic heterocycles. The van der Waals surface area contributed by atoms with Crippen LogP contribution in [0.1, 0.15) is 50.9 Å². The third kappa shape index (κ3) is 3.49. The van der Waals surface area contributed by atoms with Crippen molar-refractivity contribution in [2.75, 3.05) is 13.1 Å². The Kier molecular flexibility index (Phi) is 5.11. The maximum atomic E-state index is 13.2. The van der Waals surface area contributed by atoms with Gasteiger partial charge in [0.1, 0.15) is 0 Å². The predicted molar refractivity (Wildman–Crippen MR) is 129 cm³/mol. The Bertz CT molecular complexity index is 1380. The molecule has 35 heavy (non-hydrogen) atoms. The summed E-state index contributed by atoms with van der Waals surface area (Å²) in [6, 6.07) is 19.9. The average Bonchev–Trinajstić information content (AvgIpc) is 3.44. The number of nitrogens with zero attached hydrogens (tertiary/aromatic N) is 4. The van der Waals surface area contributed by atoms with E-state index in [0.717, 1.165) is 11.1 Å². The van der Waals surface area contributed by atoms with Crippen molar-refractivity contribution in [1.82, 2.24) is 24.8 Å². The molecule has 2 atom stereocenters. The topological polar surface area (TPSA) is 99.8 Å². The lowest BCUT2D eigenvalue weighted by Crippen LogP contribution is -2.51. The number of hydrogen-bond donors (Lipinski definition) is 2. The number of nitrogens with one attached hydrogen (secondary N) is 1. The van der Waals surface area contributed by atoms with Gasteiger partial charge in [0.05, 0.1) is 12.1 Å². The van der Waals surface area contributed by atoms with Crippen LogP contribution in [0.2, 0.25) is 0 Å². The number of likely N-dealkylation sites (tertiary alicyclic amines) is 1. The minimum Gasteiger partial charge on any atom is -0.390 e. The molecule has 4 aromatic rings. The molecule has 2 aromatic heterocycles. The Labute approximate surface area is 202 Å². The molecule has 1 aliphatic carbocycles. The Morgan fingerprint density at radius 3 is 2.51 bits per heavy atom. The summed E-state index contributed by atoms with van der Waals surface area (Å²) in [4.78, 5) is 32.1. The minimum absolute atomic E-state index is 0.139. The first-order valence-corrected chi connectivity index (χ1v) is 11.8. The van der Waals surface area contributed by atoms with Crippen molar-refractivity contribution in [3.63, 3.8) is 0 Å². The largest absolute Gasteiger partial charge is 0.390 e. The molecule has 1 fully saturated rings. The lowest BCUT2D eigenvalue weighted by Gasteiger charge is -2.42. The molecule has 8 heteroatoms. The van der Waals surface area contributed by atoms with Crippen LogP contribution in [-0.2, 0) is 5.41 Å². The van der Waals surface area contributed by atoms with Gasteiger partial charge < -0.3 is 15.3 Å². The standard InChI is InChI=1S/C27H25N5O3/c33-24-23(29-25(34)18-7-2-1-3-8-18)19-9-4-5-10-20(19)27(24)11-15-31(16-12-27)26(35)21-17-22-28-13-6-14-32(22)30-21/h1-10,13-14,17,23-24,33H,11-12,15-16H2,(H,29,34)/t23-,24+/m0/s1. The van der Waals surface area contributed by atoms with Crippen LogP contribution in [0.4, 0.5) is 0 Å². The average molecular weight is 468 g/mol. The fourth-order valence-electron chi connectivity index (χ4n) is 5.61. The predicted octanol–water partition coefficient (Wildman–Crippen LogP) is 2.75. The smallest absolute Gasteiger partial charge is 0.274 e. The summed E-state index contributed by atoms with van der Waals surface area (Å²) in [7, 11) is 0. The van der Waals surface area contributed by atoms with Crippen molar-refractivity contribution >= 4 is 17.5 Å². The monoisotopic (exact) mass is 467 g/mol. The zero-order valence-corrected chi connectivity index (χ0v) is 19.0. The number of aliphatic hydroxyl groups excluding tert-OH is 1. The van der Waals surface area contributed by atoms with Gasteiger partial charge in [0.25, 0.3) is 11.8 Å². The van der Waals surface area contributed by atoms with E-state index in [4.69, 9.17) is 0 Å². The third-order valence-corrected chi connectivity index (χ3v) is 7.43. The van der Waals surface area contributed by atoms with Gasteiger partial charge in [-0.25, -0.2) is 9.50 Å². The summed E-state index contributed by atoms with van der Waals surface area (Å²) in [6.45, 7) is 0.982. The van der Waals surface area contributed by atoms with Crippen LogP contribution in [0.15, 0.2) is 79.1 Å². The molecule has 0 bridgehead atoms. The van der Waals surface area contributed by atoms with Gasteiger partial charge in [-0.2, -0.15) is 5.10 Å². The molecule has 0 saturated carbocycles. The minimum atomic E-state index is -0.788. The number of carbonyl (C=O) groups excluding carboxylic acids is 2. The number of fused-ring (bicyclic) bond motifs is 3. The molecule has 6 rings (SSSR count). The molecule has 0 unspecified atom stereocenters. The maximum absolute atomic E-state index is 13.2. The lowest BCUT2D eigenvalue weighted by atomic mass is 9.72. The van der Waals surface area contributed by atoms with Crippen molar-refractivity contribution in [3.05, 3.63) is 102 Å². The highest BCUT2D eigenvalue weighted by Gasteiger charge is 2.53. The molecule has 1 spiro atoms. The van der Waals surface area contributed by atoms with E-state index in [1.165, 1.54) is 0 Å². The van der Waals surface area contributed by atoms with E-state index in [9.17, 15) is 14.7 Å². The Morgan fingerprint density at radius 1 is 1.00 bits per heavy atom. The molecule has 176 valence electrons. The van der Waals surface area contributed by atoms with Crippen molar-refractivity contribution < 1.29 is 14.7 Å². The molecule has 3 heterocycles. The van der Waals surface area contributed by atoms with Crippen LogP contribution in [0.5, 0.6) is 0 Å². The number of aliphatic hydroxyl groups is 1. The summed E-state index contributed by atoms with van der Waals surface area (Å²) in [6.07, 6.45) is 3.84. The van der Waals surface area contributed by atoms with Gasteiger partial charge >= 0.3 is 0 Å². The summed E-state index contributed by atoms with van der Waals surface area (Å²) < 4.78 is 1.59. The fourth-order valence-corrected chi connectivity index (χ4v) is 5.61. The van der Waals surface area contributed by atoms with E-state index < -0.39 is 17.6 Å². The quantitative estimate of drug-likeness (QED) is 0.483. The molecule has 8 nitrogen and oxygen atoms in total. The summed E-state index contributed by atoms with van der Waals surface area (Å²) >= 11 is 0. The number of benzene rings is 2. The zero-order chi connectivity index (χ0) is 24.0. The van der Waals surface area contributed by atoms with Gasteiger partial charge in [-0.15, -0.1) is 0 Å². The Morgan fingerprint density at radius 2 is 1.74 bits per heavy atom. The van der Waals surface area contributed by atoms with E-state index in [0.29, 0.717) is 42.8 Å². The van der Waals surface area contributed by atoms with Crippen molar-refractivity contribution in [2.45, 2.75) is 30.4 Å². The highest BCUT2D eigenvalue weighted by molar-refractivity contribution is 5.95. The Balaban J connectivity index is 1.23. The van der Waals surface area contributed by atoms with E-state index in [-0.39, 0.29) is 11.8 Å². The normalized spacial score (nSPS) is 20.7. The Hall–Kier alpha value is -4.04. The number of piperidine rings is 1. The molecule has 0 radical (unpaired) electrons. The van der Waals surface area contributed by atoms with Crippen LogP contribution in [0.25, 0.3) is 5.65 Å². The van der Waals surface area contributed by atoms with Crippen LogP contribution in [0, 0.1) is 0 Å². The van der Waals surface area contributed by atoms with Gasteiger partial charge in [0.15, 0.2) is 11.3 Å². The van der Waals surface area contributed by atoms with Gasteiger partial charge in [-0.1, -0.05) is 42.5 Å². The van der Waals surface area contributed by atoms with Crippen LogP contribution >= 0.6 is 0 Å². The summed E-state index contributed by atoms with van der Waals surface area (Å²) in [5.74, 6) is -0.352. The second-order valence-corrected chi connectivity index (χ2v) is 9.25. The van der Waals surface area contributed by atoms with Crippen molar-refractivity contribution in [2.24, 2.45) is 0 Å². The molecule has 2 aliphatic rings. The van der Waals surface area contributed by atoms with Crippen LogP contribution in [-0.4, -0.2) is 55.6 Å². The van der Waals surface area contributed by atoms with E-state index in [2.05, 4.69) is 15.4 Å². The van der Waals surface area contributed by atoms with Gasteiger partial charge in [0.2, 0.25) is 0 Å². The molecule has 2 aromatic carbocycles. The van der Waals surface area contributed by atoms with Gasteiger partial charge in [0, 0.05) is 42.5 Å². The molecule has 1 saturated heterocycles. The number of hydrogen-bond acceptors (Lipinski definition) is 5.